The first-order valence-corrected chi connectivity index (χ1v) is 11.7. The quantitative estimate of drug-likeness (QED) is 0.668. The van der Waals surface area contributed by atoms with Crippen LogP contribution in [0.5, 0.6) is 11.5 Å². The van der Waals surface area contributed by atoms with Crippen molar-refractivity contribution in [1.82, 2.24) is 9.80 Å². The van der Waals surface area contributed by atoms with Gasteiger partial charge in [0.25, 0.3) is 15.9 Å². The molecule has 0 spiro atoms. The summed E-state index contributed by atoms with van der Waals surface area (Å²) in [4.78, 5) is 16.6. The molecular formula is C22H29N3O5S. The zero-order valence-corrected chi connectivity index (χ0v) is 18.9. The predicted molar refractivity (Wildman–Crippen MR) is 119 cm³/mol. The van der Waals surface area contributed by atoms with Crippen molar-refractivity contribution in [3.63, 3.8) is 0 Å². The van der Waals surface area contributed by atoms with Crippen molar-refractivity contribution in [2.24, 2.45) is 0 Å². The Hall–Kier alpha value is -2.78. The molecule has 1 aliphatic heterocycles. The van der Waals surface area contributed by atoms with Crippen molar-refractivity contribution < 1.29 is 22.7 Å². The second kappa shape index (κ2) is 10.0. The molecule has 1 saturated heterocycles. The van der Waals surface area contributed by atoms with Crippen LogP contribution in [0.2, 0.25) is 0 Å². The van der Waals surface area contributed by atoms with Crippen LogP contribution in [0.1, 0.15) is 12.5 Å². The van der Waals surface area contributed by atoms with Crippen LogP contribution < -0.4 is 14.2 Å². The van der Waals surface area contributed by atoms with Crippen molar-refractivity contribution in [3.8, 4) is 11.5 Å². The van der Waals surface area contributed by atoms with Crippen LogP contribution in [-0.4, -0.2) is 70.6 Å². The highest BCUT2D eigenvalue weighted by molar-refractivity contribution is 7.92. The average molecular weight is 448 g/mol. The zero-order valence-electron chi connectivity index (χ0n) is 18.1. The van der Waals surface area contributed by atoms with Gasteiger partial charge >= 0.3 is 0 Å². The molecule has 0 atom stereocenters. The molecule has 8 nitrogen and oxygen atoms in total. The fourth-order valence-electron chi connectivity index (χ4n) is 3.37. The van der Waals surface area contributed by atoms with E-state index in [2.05, 4.69) is 16.5 Å². The molecule has 9 heteroatoms. The van der Waals surface area contributed by atoms with Crippen LogP contribution >= 0.6 is 0 Å². The van der Waals surface area contributed by atoms with Crippen LogP contribution in [0.15, 0.2) is 47.4 Å². The lowest BCUT2D eigenvalue weighted by Crippen LogP contribution is -2.49. The Morgan fingerprint density at radius 1 is 1.06 bits per heavy atom. The maximum absolute atomic E-state index is 12.7. The molecule has 3 rings (SSSR count). The van der Waals surface area contributed by atoms with Gasteiger partial charge < -0.3 is 19.3 Å². The first-order valence-electron chi connectivity index (χ1n) is 10.2. The first kappa shape index (κ1) is 22.9. The lowest BCUT2D eigenvalue weighted by molar-refractivity contribution is -0.135. The number of carbonyl (C=O) groups excluding carboxylic acids is 1. The Labute approximate surface area is 183 Å². The molecule has 0 saturated carbocycles. The topological polar surface area (TPSA) is 88.2 Å². The summed E-state index contributed by atoms with van der Waals surface area (Å²) in [5, 5.41) is 0. The van der Waals surface area contributed by atoms with Gasteiger partial charge in [0.15, 0.2) is 6.61 Å². The number of amides is 1. The van der Waals surface area contributed by atoms with Gasteiger partial charge in [-0.25, -0.2) is 8.42 Å². The summed E-state index contributed by atoms with van der Waals surface area (Å²) >= 11 is 0. The van der Waals surface area contributed by atoms with E-state index >= 15 is 0 Å². The van der Waals surface area contributed by atoms with Gasteiger partial charge in [-0.15, -0.1) is 0 Å². The summed E-state index contributed by atoms with van der Waals surface area (Å²) in [6, 6.07) is 11.2. The van der Waals surface area contributed by atoms with Crippen LogP contribution in [0, 0.1) is 6.92 Å². The van der Waals surface area contributed by atoms with Crippen molar-refractivity contribution in [2.75, 3.05) is 51.2 Å². The van der Waals surface area contributed by atoms with Gasteiger partial charge in [-0.3, -0.25) is 9.52 Å². The van der Waals surface area contributed by atoms with E-state index in [0.29, 0.717) is 35.8 Å². The molecule has 1 fully saturated rings. The second-order valence-corrected chi connectivity index (χ2v) is 9.05. The van der Waals surface area contributed by atoms with Crippen molar-refractivity contribution in [1.29, 1.82) is 0 Å². The molecule has 2 aromatic rings. The number of benzene rings is 2. The summed E-state index contributed by atoms with van der Waals surface area (Å²) in [7, 11) is -2.21. The van der Waals surface area contributed by atoms with Crippen molar-refractivity contribution in [3.05, 3.63) is 48.0 Å². The molecule has 0 unspecified atom stereocenters. The van der Waals surface area contributed by atoms with Crippen LogP contribution in [0.25, 0.3) is 0 Å². The molecule has 0 aromatic heterocycles. The Balaban J connectivity index is 1.60. The highest BCUT2D eigenvalue weighted by Crippen LogP contribution is 2.24. The van der Waals surface area contributed by atoms with Crippen LogP contribution in [0.3, 0.4) is 0 Å². The predicted octanol–water partition coefficient (Wildman–Crippen LogP) is 2.35. The summed E-state index contributed by atoms with van der Waals surface area (Å²) in [5.41, 5.74) is 1.08. The van der Waals surface area contributed by atoms with E-state index < -0.39 is 10.0 Å². The Morgan fingerprint density at radius 2 is 1.74 bits per heavy atom. The van der Waals surface area contributed by atoms with Gasteiger partial charge in [0.05, 0.1) is 12.0 Å². The summed E-state index contributed by atoms with van der Waals surface area (Å²) in [6.07, 6.45) is 0. The number of carbonyl (C=O) groups is 1. The second-order valence-electron chi connectivity index (χ2n) is 7.37. The standard InChI is InChI=1S/C22H29N3O5S/c1-4-24-11-13-25(14-12-24)22(26)16-30-21-10-9-20(15-17(21)2)31(27,28)23-18-5-7-19(29-3)8-6-18/h5-10,15,23H,4,11-14,16H2,1-3H3. The molecule has 0 aliphatic carbocycles. The van der Waals surface area contributed by atoms with Crippen LogP contribution in [-0.2, 0) is 14.8 Å². The molecule has 1 N–H and O–H groups in total. The zero-order chi connectivity index (χ0) is 22.4. The number of aryl methyl sites for hydroxylation is 1. The Bertz CT molecular complexity index is 1000. The number of rotatable bonds is 8. The molecule has 1 aliphatic rings. The number of sulfonamides is 1. The molecule has 1 amide bonds. The number of ether oxygens (including phenoxy) is 2. The van der Waals surface area contributed by atoms with E-state index in [1.807, 2.05) is 0 Å². The summed E-state index contributed by atoms with van der Waals surface area (Å²) in [6.45, 7) is 7.92. The highest BCUT2D eigenvalue weighted by Gasteiger charge is 2.21. The highest BCUT2D eigenvalue weighted by atomic mass is 32.2. The largest absolute Gasteiger partial charge is 0.497 e. The number of nitrogens with one attached hydrogen (secondary N) is 1. The molecule has 2 aromatic carbocycles. The fourth-order valence-corrected chi connectivity index (χ4v) is 4.51. The molecule has 31 heavy (non-hydrogen) atoms. The summed E-state index contributed by atoms with van der Waals surface area (Å²) in [5.74, 6) is 1.07. The molecule has 0 bridgehead atoms. The van der Waals surface area contributed by atoms with Gasteiger partial charge in [-0.05, 0) is 61.5 Å². The van der Waals surface area contributed by atoms with E-state index in [4.69, 9.17) is 9.47 Å². The molecule has 1 heterocycles. The minimum Gasteiger partial charge on any atom is -0.497 e. The third-order valence-corrected chi connectivity index (χ3v) is 6.70. The average Bonchev–Trinajstić information content (AvgIpc) is 2.78. The number of likely N-dealkylation sites (N-methyl/N-ethyl adjacent to an activating group) is 1. The number of hydrogen-bond donors (Lipinski definition) is 1. The van der Waals surface area contributed by atoms with E-state index in [1.165, 1.54) is 12.1 Å². The fraction of sp³-hybridized carbons (Fsp3) is 0.409. The normalized spacial score (nSPS) is 14.9. The first-order chi connectivity index (χ1) is 14.8. The number of methoxy groups -OCH3 is 1. The lowest BCUT2D eigenvalue weighted by atomic mass is 10.2. The number of nitrogens with zero attached hydrogens (tertiary/aromatic N) is 2. The third kappa shape index (κ3) is 5.89. The minimum absolute atomic E-state index is 0.0620. The van der Waals surface area contributed by atoms with Gasteiger partial charge in [-0.1, -0.05) is 6.92 Å². The van der Waals surface area contributed by atoms with E-state index in [0.717, 1.165) is 19.6 Å². The maximum atomic E-state index is 12.7. The van der Waals surface area contributed by atoms with Crippen molar-refractivity contribution >= 4 is 21.6 Å². The van der Waals surface area contributed by atoms with Gasteiger partial charge in [0, 0.05) is 31.9 Å². The monoisotopic (exact) mass is 447 g/mol. The van der Waals surface area contributed by atoms with Crippen LogP contribution in [0.4, 0.5) is 5.69 Å². The van der Waals surface area contributed by atoms with E-state index in [-0.39, 0.29) is 17.4 Å². The molecular weight excluding hydrogens is 418 g/mol. The minimum atomic E-state index is -3.75. The van der Waals surface area contributed by atoms with E-state index in [1.54, 1.807) is 49.3 Å². The smallest absolute Gasteiger partial charge is 0.261 e. The van der Waals surface area contributed by atoms with Gasteiger partial charge in [-0.2, -0.15) is 0 Å². The summed E-state index contributed by atoms with van der Waals surface area (Å²) < 4.78 is 38.7. The number of piperazine rings is 1. The molecule has 168 valence electrons. The van der Waals surface area contributed by atoms with E-state index in [9.17, 15) is 13.2 Å². The Morgan fingerprint density at radius 3 is 2.32 bits per heavy atom. The maximum Gasteiger partial charge on any atom is 0.261 e. The Kier molecular flexibility index (Phi) is 7.40. The number of anilines is 1. The van der Waals surface area contributed by atoms with Crippen molar-refractivity contribution in [2.45, 2.75) is 18.7 Å². The van der Waals surface area contributed by atoms with Gasteiger partial charge in [0.2, 0.25) is 0 Å². The number of hydrogen-bond acceptors (Lipinski definition) is 6. The SMILES string of the molecule is CCN1CCN(C(=O)COc2ccc(S(=O)(=O)Nc3ccc(OC)cc3)cc2C)CC1. The van der Waals surface area contributed by atoms with Gasteiger partial charge in [0.1, 0.15) is 11.5 Å². The lowest BCUT2D eigenvalue weighted by Gasteiger charge is -2.34. The molecule has 0 radical (unpaired) electrons. The third-order valence-electron chi connectivity index (χ3n) is 5.32.